The molecule has 0 radical (unpaired) electrons. The van der Waals surface area contributed by atoms with Gasteiger partial charge in [-0.1, -0.05) is 13.8 Å². The average Bonchev–Trinajstić information content (AvgIpc) is 2.95. The van der Waals surface area contributed by atoms with Crippen LogP contribution in [-0.2, 0) is 4.79 Å². The summed E-state index contributed by atoms with van der Waals surface area (Å²) in [6.45, 7) is 5.20. The minimum absolute atomic E-state index is 0.0876. The largest absolute Gasteiger partial charge is 0.477 e. The summed E-state index contributed by atoms with van der Waals surface area (Å²) in [5.41, 5.74) is -0.106. The number of carbonyl (C=O) groups excluding carboxylic acids is 1. The van der Waals surface area contributed by atoms with E-state index in [9.17, 15) is 10.1 Å². The van der Waals surface area contributed by atoms with Crippen LogP contribution in [0.4, 0.5) is 0 Å². The number of nitriles is 2. The Morgan fingerprint density at radius 2 is 1.93 bits per heavy atom. The molecule has 0 spiro atoms. The fourth-order valence-corrected chi connectivity index (χ4v) is 6.97. The van der Waals surface area contributed by atoms with Crippen molar-refractivity contribution in [3.8, 4) is 18.0 Å². The Kier molecular flexibility index (Phi) is 4.33. The van der Waals surface area contributed by atoms with Crippen LogP contribution in [-0.4, -0.2) is 35.0 Å². The normalized spacial score (nSPS) is 38.3. The Hall–Kier alpha value is -2.60. The van der Waals surface area contributed by atoms with E-state index in [0.717, 1.165) is 19.3 Å². The van der Waals surface area contributed by atoms with Gasteiger partial charge in [-0.3, -0.25) is 4.79 Å². The first-order valence-electron chi connectivity index (χ1n) is 11.1. The Morgan fingerprint density at radius 3 is 2.53 bits per heavy atom. The lowest BCUT2D eigenvalue weighted by atomic mass is 9.48. The predicted molar refractivity (Wildman–Crippen MR) is 109 cm³/mol. The number of hydrogen-bond donors (Lipinski definition) is 0. The molecule has 6 rings (SSSR count). The molecule has 4 bridgehead atoms. The number of carbonyl (C=O) groups is 1. The van der Waals surface area contributed by atoms with Crippen molar-refractivity contribution >= 4 is 5.91 Å². The van der Waals surface area contributed by atoms with Crippen LogP contribution < -0.4 is 4.74 Å². The summed E-state index contributed by atoms with van der Waals surface area (Å²) in [6, 6.07) is 8.39. The molecule has 156 valence electrons. The highest BCUT2D eigenvalue weighted by Crippen LogP contribution is 2.61. The Morgan fingerprint density at radius 1 is 1.20 bits per heavy atom. The second kappa shape index (κ2) is 6.71. The van der Waals surface area contributed by atoms with Gasteiger partial charge in [-0.25, -0.2) is 4.98 Å². The van der Waals surface area contributed by atoms with E-state index in [-0.39, 0.29) is 23.3 Å². The fourth-order valence-electron chi connectivity index (χ4n) is 6.97. The van der Waals surface area contributed by atoms with Crippen LogP contribution >= 0.6 is 0 Å². The van der Waals surface area contributed by atoms with Gasteiger partial charge in [0.05, 0.1) is 29.1 Å². The van der Waals surface area contributed by atoms with Gasteiger partial charge >= 0.3 is 0 Å². The molecule has 4 aliphatic carbocycles. The summed E-state index contributed by atoms with van der Waals surface area (Å²) in [7, 11) is 0. The van der Waals surface area contributed by atoms with E-state index in [0.29, 0.717) is 42.3 Å². The van der Waals surface area contributed by atoms with Crippen LogP contribution in [0.25, 0.3) is 0 Å². The maximum absolute atomic E-state index is 13.5. The molecular weight excluding hydrogens is 376 g/mol. The Balaban J connectivity index is 1.31. The number of pyridine rings is 1. The second-order valence-corrected chi connectivity index (χ2v) is 10.5. The second-order valence-electron chi connectivity index (χ2n) is 10.5. The molecule has 5 aliphatic rings. The zero-order chi connectivity index (χ0) is 21.1. The minimum atomic E-state index is -0.478. The average molecular weight is 405 g/mol. The van der Waals surface area contributed by atoms with Crippen molar-refractivity contribution in [2.24, 2.45) is 34.5 Å². The number of likely N-dealkylation sites (tertiary alicyclic amines) is 1. The monoisotopic (exact) mass is 404 g/mol. The fraction of sp³-hybridized carbons (Fsp3) is 0.667. The molecule has 1 aliphatic heterocycles. The van der Waals surface area contributed by atoms with Crippen molar-refractivity contribution in [1.82, 2.24) is 9.88 Å². The van der Waals surface area contributed by atoms with Gasteiger partial charge in [-0.05, 0) is 55.9 Å². The highest BCUT2D eigenvalue weighted by atomic mass is 16.5. The van der Waals surface area contributed by atoms with Gasteiger partial charge < -0.3 is 9.64 Å². The molecule has 5 unspecified atom stereocenters. The highest BCUT2D eigenvalue weighted by molar-refractivity contribution is 5.85. The van der Waals surface area contributed by atoms with Gasteiger partial charge in [0.2, 0.25) is 11.8 Å². The van der Waals surface area contributed by atoms with Gasteiger partial charge in [0.25, 0.3) is 0 Å². The van der Waals surface area contributed by atoms with E-state index < -0.39 is 5.41 Å². The van der Waals surface area contributed by atoms with E-state index in [1.54, 1.807) is 12.1 Å². The van der Waals surface area contributed by atoms with E-state index in [1.165, 1.54) is 19.0 Å². The first-order valence-corrected chi connectivity index (χ1v) is 11.1. The first-order chi connectivity index (χ1) is 14.3. The molecule has 0 N–H and O–H groups in total. The van der Waals surface area contributed by atoms with Crippen LogP contribution in [0.3, 0.4) is 0 Å². The zero-order valence-electron chi connectivity index (χ0n) is 17.7. The molecule has 6 atom stereocenters. The van der Waals surface area contributed by atoms with Gasteiger partial charge in [0.1, 0.15) is 6.07 Å². The van der Waals surface area contributed by atoms with Crippen molar-refractivity contribution in [2.45, 2.75) is 52.0 Å². The quantitative estimate of drug-likeness (QED) is 0.766. The van der Waals surface area contributed by atoms with E-state index in [2.05, 4.69) is 22.0 Å². The smallest absolute Gasteiger partial charge is 0.228 e. The molecule has 1 saturated heterocycles. The van der Waals surface area contributed by atoms with Gasteiger partial charge in [0.15, 0.2) is 0 Å². The number of ether oxygens (including phenoxy) is 1. The maximum atomic E-state index is 13.5. The number of rotatable bonds is 4. The van der Waals surface area contributed by atoms with Crippen LogP contribution in [0.2, 0.25) is 0 Å². The molecule has 0 aromatic carbocycles. The molecule has 5 fully saturated rings. The van der Waals surface area contributed by atoms with Crippen molar-refractivity contribution in [2.75, 3.05) is 13.2 Å². The minimum Gasteiger partial charge on any atom is -0.477 e. The maximum Gasteiger partial charge on any atom is 0.228 e. The van der Waals surface area contributed by atoms with Gasteiger partial charge in [-0.2, -0.15) is 10.5 Å². The van der Waals surface area contributed by atoms with E-state index >= 15 is 0 Å². The third kappa shape index (κ3) is 2.88. The molecule has 1 aromatic rings. The summed E-state index contributed by atoms with van der Waals surface area (Å²) < 4.78 is 5.92. The van der Waals surface area contributed by atoms with E-state index in [4.69, 9.17) is 10.00 Å². The third-order valence-electron chi connectivity index (χ3n) is 8.37. The van der Waals surface area contributed by atoms with Crippen LogP contribution in [0.15, 0.2) is 18.3 Å². The molecule has 1 amide bonds. The molecular formula is C24H28N4O2. The lowest BCUT2D eigenvalue weighted by Crippen LogP contribution is -2.59. The molecule has 6 heteroatoms. The summed E-state index contributed by atoms with van der Waals surface area (Å²) in [6.07, 6.45) is 6.84. The molecule has 2 heterocycles. The SMILES string of the molecule is CC1(C)C(=O)N(C2C3CC4C[C@H]2CC(C#N)(C4)C3)CC1COc1ccc(C#N)cn1. The molecule has 4 saturated carbocycles. The topological polar surface area (TPSA) is 90.0 Å². The molecule has 30 heavy (non-hydrogen) atoms. The summed E-state index contributed by atoms with van der Waals surface area (Å²) in [5, 5.41) is 18.7. The van der Waals surface area contributed by atoms with Crippen molar-refractivity contribution in [3.05, 3.63) is 23.9 Å². The standard InChI is InChI=1S/C24H28N4O2/c1-23(2)19(13-30-20-4-3-15(10-25)11-27-20)12-28(22(23)29)21-17-5-16-6-18(21)9-24(7-16,8-17)14-26/h3-4,11,16-19,21H,5-9,12-13H2,1-2H3/t16?,17-,18?,19?,21?,24?/m0/s1. The summed E-state index contributed by atoms with van der Waals surface area (Å²) in [5.74, 6) is 2.41. The lowest BCUT2D eigenvalue weighted by Gasteiger charge is -2.59. The Bertz CT molecular complexity index is 925. The number of hydrogen-bond acceptors (Lipinski definition) is 5. The number of nitrogens with zero attached hydrogens (tertiary/aromatic N) is 4. The van der Waals surface area contributed by atoms with Crippen molar-refractivity contribution in [3.63, 3.8) is 0 Å². The zero-order valence-corrected chi connectivity index (χ0v) is 17.7. The van der Waals surface area contributed by atoms with Crippen LogP contribution in [0.1, 0.15) is 51.5 Å². The van der Waals surface area contributed by atoms with Crippen LogP contribution in [0, 0.1) is 57.2 Å². The lowest BCUT2D eigenvalue weighted by molar-refractivity contribution is -0.147. The summed E-state index contributed by atoms with van der Waals surface area (Å²) >= 11 is 0. The molecule has 1 aromatic heterocycles. The number of amides is 1. The molecule has 6 nitrogen and oxygen atoms in total. The van der Waals surface area contributed by atoms with Crippen molar-refractivity contribution < 1.29 is 9.53 Å². The van der Waals surface area contributed by atoms with Gasteiger partial charge in [0, 0.05) is 30.8 Å². The first kappa shape index (κ1) is 19.4. The van der Waals surface area contributed by atoms with E-state index in [1.807, 2.05) is 13.8 Å². The van der Waals surface area contributed by atoms with Crippen LogP contribution in [0.5, 0.6) is 5.88 Å². The van der Waals surface area contributed by atoms with Crippen molar-refractivity contribution in [1.29, 1.82) is 10.5 Å². The number of aromatic nitrogens is 1. The third-order valence-corrected chi connectivity index (χ3v) is 8.37. The predicted octanol–water partition coefficient (Wildman–Crippen LogP) is 3.54. The summed E-state index contributed by atoms with van der Waals surface area (Å²) in [4.78, 5) is 19.8. The Labute approximate surface area is 177 Å². The van der Waals surface area contributed by atoms with Gasteiger partial charge in [-0.15, -0.1) is 0 Å². The highest BCUT2D eigenvalue weighted by Gasteiger charge is 2.60.